The molecular formula is C16H24N4O2. The monoisotopic (exact) mass is 304 g/mol. The van der Waals surface area contributed by atoms with Gasteiger partial charge in [0.1, 0.15) is 0 Å². The third kappa shape index (κ3) is 4.27. The zero-order valence-electron chi connectivity index (χ0n) is 13.0. The van der Waals surface area contributed by atoms with Crippen molar-refractivity contribution < 1.29 is 9.59 Å². The van der Waals surface area contributed by atoms with Gasteiger partial charge < -0.3 is 16.0 Å². The molecule has 0 saturated carbocycles. The standard InChI is InChI=1S/C16H24N4O2/c1-12-8-13(10-18-9-12)16(22)20-7-3-2-4-14(20)11-19-15(21)5-6-17/h8-10,14H,2-7,11,17H2,1H3,(H,19,21). The number of hydrogen-bond donors (Lipinski definition) is 2. The predicted octanol–water partition coefficient (Wildman–Crippen LogP) is 0.850. The summed E-state index contributed by atoms with van der Waals surface area (Å²) in [6.45, 7) is 3.48. The summed E-state index contributed by atoms with van der Waals surface area (Å²) in [6, 6.07) is 1.90. The highest BCUT2D eigenvalue weighted by Crippen LogP contribution is 2.19. The first-order valence-corrected chi connectivity index (χ1v) is 7.81. The lowest BCUT2D eigenvalue weighted by Crippen LogP contribution is -2.49. The second-order valence-corrected chi connectivity index (χ2v) is 5.74. The van der Waals surface area contributed by atoms with E-state index in [0.717, 1.165) is 31.4 Å². The zero-order chi connectivity index (χ0) is 15.9. The third-order valence-electron chi connectivity index (χ3n) is 3.92. The fourth-order valence-corrected chi connectivity index (χ4v) is 2.77. The van der Waals surface area contributed by atoms with Gasteiger partial charge in [-0.3, -0.25) is 14.6 Å². The fraction of sp³-hybridized carbons (Fsp3) is 0.562. The normalized spacial score (nSPS) is 18.1. The van der Waals surface area contributed by atoms with Gasteiger partial charge in [-0.1, -0.05) is 0 Å². The van der Waals surface area contributed by atoms with Crippen LogP contribution >= 0.6 is 0 Å². The Balaban J connectivity index is 2.02. The molecule has 1 atom stereocenters. The molecule has 1 aromatic heterocycles. The van der Waals surface area contributed by atoms with Crippen molar-refractivity contribution in [3.8, 4) is 0 Å². The topological polar surface area (TPSA) is 88.3 Å². The van der Waals surface area contributed by atoms with Gasteiger partial charge in [0.15, 0.2) is 0 Å². The molecule has 1 aliphatic rings. The minimum absolute atomic E-state index is 0.00558. The SMILES string of the molecule is Cc1cncc(C(=O)N2CCCCC2CNC(=O)CCN)c1. The average Bonchev–Trinajstić information content (AvgIpc) is 2.53. The lowest BCUT2D eigenvalue weighted by molar-refractivity contribution is -0.121. The molecular weight excluding hydrogens is 280 g/mol. The second-order valence-electron chi connectivity index (χ2n) is 5.74. The van der Waals surface area contributed by atoms with E-state index in [1.165, 1.54) is 0 Å². The number of aryl methyl sites for hydroxylation is 1. The minimum Gasteiger partial charge on any atom is -0.354 e. The molecule has 0 aromatic carbocycles. The number of rotatable bonds is 5. The van der Waals surface area contributed by atoms with Crippen molar-refractivity contribution in [1.82, 2.24) is 15.2 Å². The number of carbonyl (C=O) groups is 2. The van der Waals surface area contributed by atoms with Gasteiger partial charge in [0.25, 0.3) is 5.91 Å². The van der Waals surface area contributed by atoms with E-state index in [1.54, 1.807) is 12.4 Å². The Morgan fingerprint density at radius 3 is 2.95 bits per heavy atom. The first-order valence-electron chi connectivity index (χ1n) is 7.81. The summed E-state index contributed by atoms with van der Waals surface area (Å²) in [4.78, 5) is 30.2. The third-order valence-corrected chi connectivity index (χ3v) is 3.92. The van der Waals surface area contributed by atoms with E-state index in [1.807, 2.05) is 17.9 Å². The maximum atomic E-state index is 12.7. The van der Waals surface area contributed by atoms with Crippen molar-refractivity contribution in [3.05, 3.63) is 29.6 Å². The molecule has 1 fully saturated rings. The van der Waals surface area contributed by atoms with Crippen molar-refractivity contribution >= 4 is 11.8 Å². The molecule has 1 aliphatic heterocycles. The summed E-state index contributed by atoms with van der Waals surface area (Å²) >= 11 is 0. The molecule has 2 amide bonds. The van der Waals surface area contributed by atoms with Crippen molar-refractivity contribution in [1.29, 1.82) is 0 Å². The number of nitrogens with two attached hydrogens (primary N) is 1. The number of carbonyl (C=O) groups excluding carboxylic acids is 2. The van der Waals surface area contributed by atoms with Crippen molar-refractivity contribution in [2.24, 2.45) is 5.73 Å². The van der Waals surface area contributed by atoms with Gasteiger partial charge in [-0.25, -0.2) is 0 Å². The van der Waals surface area contributed by atoms with Crippen LogP contribution in [-0.4, -0.2) is 47.4 Å². The molecule has 3 N–H and O–H groups in total. The molecule has 0 bridgehead atoms. The zero-order valence-corrected chi connectivity index (χ0v) is 13.0. The number of amides is 2. The smallest absolute Gasteiger partial charge is 0.255 e. The molecule has 1 saturated heterocycles. The van der Waals surface area contributed by atoms with Crippen molar-refractivity contribution in [2.75, 3.05) is 19.6 Å². The first-order chi connectivity index (χ1) is 10.6. The molecule has 0 spiro atoms. The van der Waals surface area contributed by atoms with Gasteiger partial charge in [-0.15, -0.1) is 0 Å². The lowest BCUT2D eigenvalue weighted by Gasteiger charge is -2.36. The van der Waals surface area contributed by atoms with E-state index in [4.69, 9.17) is 5.73 Å². The summed E-state index contributed by atoms with van der Waals surface area (Å²) in [5, 5.41) is 2.87. The molecule has 2 rings (SSSR count). The Bertz CT molecular complexity index is 533. The predicted molar refractivity (Wildman–Crippen MR) is 84.3 cm³/mol. The highest BCUT2D eigenvalue weighted by molar-refractivity contribution is 5.94. The van der Waals surface area contributed by atoms with E-state index in [2.05, 4.69) is 10.3 Å². The Labute approximate surface area is 131 Å². The number of aromatic nitrogens is 1. The molecule has 1 unspecified atom stereocenters. The molecule has 6 heteroatoms. The summed E-state index contributed by atoms with van der Waals surface area (Å²) in [5.41, 5.74) is 6.95. The first kappa shape index (κ1) is 16.4. The Hall–Kier alpha value is -1.95. The van der Waals surface area contributed by atoms with Gasteiger partial charge in [-0.05, 0) is 37.8 Å². The summed E-state index contributed by atoms with van der Waals surface area (Å²) in [7, 11) is 0. The van der Waals surface area contributed by atoms with Crippen LogP contribution in [0, 0.1) is 6.92 Å². The highest BCUT2D eigenvalue weighted by Gasteiger charge is 2.27. The summed E-state index contributed by atoms with van der Waals surface area (Å²) < 4.78 is 0. The molecule has 0 radical (unpaired) electrons. The maximum Gasteiger partial charge on any atom is 0.255 e. The van der Waals surface area contributed by atoms with Crippen LogP contribution in [0.3, 0.4) is 0 Å². The largest absolute Gasteiger partial charge is 0.354 e. The van der Waals surface area contributed by atoms with Gasteiger partial charge in [0.2, 0.25) is 5.91 Å². The number of pyridine rings is 1. The van der Waals surface area contributed by atoms with Gasteiger partial charge in [0.05, 0.1) is 5.56 Å². The summed E-state index contributed by atoms with van der Waals surface area (Å²) in [6.07, 6.45) is 6.65. The van der Waals surface area contributed by atoms with E-state index >= 15 is 0 Å². The number of hydrogen-bond acceptors (Lipinski definition) is 4. The van der Waals surface area contributed by atoms with Crippen LogP contribution in [0.2, 0.25) is 0 Å². The molecule has 22 heavy (non-hydrogen) atoms. The van der Waals surface area contributed by atoms with Crippen LogP contribution in [-0.2, 0) is 4.79 Å². The molecule has 1 aromatic rings. The highest BCUT2D eigenvalue weighted by atomic mass is 16.2. The lowest BCUT2D eigenvalue weighted by atomic mass is 10.0. The van der Waals surface area contributed by atoms with E-state index in [-0.39, 0.29) is 17.9 Å². The van der Waals surface area contributed by atoms with Crippen LogP contribution in [0.5, 0.6) is 0 Å². The van der Waals surface area contributed by atoms with Crippen molar-refractivity contribution in [2.45, 2.75) is 38.6 Å². The van der Waals surface area contributed by atoms with Gasteiger partial charge in [0, 0.05) is 44.5 Å². The van der Waals surface area contributed by atoms with Crippen LogP contribution in [0.25, 0.3) is 0 Å². The quantitative estimate of drug-likeness (QED) is 0.844. The Morgan fingerprint density at radius 1 is 1.41 bits per heavy atom. The van der Waals surface area contributed by atoms with Crippen LogP contribution in [0.1, 0.15) is 41.6 Å². The van der Waals surface area contributed by atoms with E-state index in [9.17, 15) is 9.59 Å². The van der Waals surface area contributed by atoms with Crippen LogP contribution in [0.15, 0.2) is 18.5 Å². The molecule has 0 aliphatic carbocycles. The van der Waals surface area contributed by atoms with Crippen molar-refractivity contribution in [3.63, 3.8) is 0 Å². The van der Waals surface area contributed by atoms with Crippen LogP contribution in [0.4, 0.5) is 0 Å². The number of nitrogens with one attached hydrogen (secondary N) is 1. The van der Waals surface area contributed by atoms with E-state index in [0.29, 0.717) is 25.1 Å². The average molecular weight is 304 g/mol. The fourth-order valence-electron chi connectivity index (χ4n) is 2.77. The minimum atomic E-state index is -0.0577. The van der Waals surface area contributed by atoms with Crippen LogP contribution < -0.4 is 11.1 Å². The maximum absolute atomic E-state index is 12.7. The van der Waals surface area contributed by atoms with Gasteiger partial charge in [-0.2, -0.15) is 0 Å². The number of likely N-dealkylation sites (tertiary alicyclic amines) is 1. The Kier molecular flexibility index (Phi) is 5.89. The molecule has 120 valence electrons. The Morgan fingerprint density at radius 2 is 2.23 bits per heavy atom. The molecule has 6 nitrogen and oxygen atoms in total. The summed E-state index contributed by atoms with van der Waals surface area (Å²) in [5.74, 6) is -0.0633. The second kappa shape index (κ2) is 7.89. The van der Waals surface area contributed by atoms with E-state index < -0.39 is 0 Å². The van der Waals surface area contributed by atoms with Gasteiger partial charge >= 0.3 is 0 Å². The number of nitrogens with zero attached hydrogens (tertiary/aromatic N) is 2. The number of piperidine rings is 1. The molecule has 2 heterocycles.